The molecule has 0 aliphatic rings. The van der Waals surface area contributed by atoms with E-state index >= 15 is 0 Å². The molecule has 0 rings (SSSR count). The van der Waals surface area contributed by atoms with E-state index in [1.54, 1.807) is 6.08 Å². The normalized spacial score (nSPS) is 14.6. The van der Waals surface area contributed by atoms with Crippen LogP contribution in [0.25, 0.3) is 0 Å². The fourth-order valence-electron chi connectivity index (χ4n) is 6.84. The lowest BCUT2D eigenvalue weighted by Gasteiger charge is -2.30. The van der Waals surface area contributed by atoms with E-state index < -0.39 is 26.6 Å². The smallest absolute Gasteiger partial charge is 0.306 e. The lowest BCUT2D eigenvalue weighted by molar-refractivity contribution is -0.870. The molecule has 0 bridgehead atoms. The monoisotopic (exact) mass is 929 g/mol. The van der Waals surface area contributed by atoms with Crippen molar-refractivity contribution in [2.45, 2.75) is 213 Å². The van der Waals surface area contributed by atoms with Gasteiger partial charge in [0.2, 0.25) is 5.91 Å². The Hall–Kier alpha value is -2.81. The van der Waals surface area contributed by atoms with Gasteiger partial charge in [0.25, 0.3) is 7.82 Å². The summed E-state index contributed by atoms with van der Waals surface area (Å²) in [6.07, 6.45) is 56.9. The van der Waals surface area contributed by atoms with E-state index in [0.29, 0.717) is 23.9 Å². The first kappa shape index (κ1) is 62.2. The number of quaternary nitrogens is 1. The number of nitrogens with one attached hydrogen (secondary N) is 1. The molecule has 65 heavy (non-hydrogen) atoms. The predicted molar refractivity (Wildman–Crippen MR) is 274 cm³/mol. The molecular formula is C55H97N2O7P. The number of phosphoric ester groups is 1. The summed E-state index contributed by atoms with van der Waals surface area (Å²) in [5, 5.41) is 2.99. The van der Waals surface area contributed by atoms with Crippen LogP contribution in [0.3, 0.4) is 0 Å². The first-order chi connectivity index (χ1) is 31.4. The number of likely N-dealkylation sites (N-methyl/N-ethyl adjacent to an activating group) is 1. The number of allylic oxidation sites excluding steroid dienone is 13. The van der Waals surface area contributed by atoms with Crippen LogP contribution in [-0.2, 0) is 27.9 Å². The van der Waals surface area contributed by atoms with Crippen molar-refractivity contribution in [2.24, 2.45) is 0 Å². The summed E-state index contributed by atoms with van der Waals surface area (Å²) >= 11 is 0. The van der Waals surface area contributed by atoms with Gasteiger partial charge in [-0.25, -0.2) is 0 Å². The maximum absolute atomic E-state index is 13.4. The van der Waals surface area contributed by atoms with Gasteiger partial charge in [0.1, 0.15) is 19.3 Å². The summed E-state index contributed by atoms with van der Waals surface area (Å²) in [6.45, 7) is 6.54. The van der Waals surface area contributed by atoms with E-state index in [2.05, 4.69) is 99.0 Å². The molecule has 0 aliphatic heterocycles. The van der Waals surface area contributed by atoms with Crippen molar-refractivity contribution in [3.05, 3.63) is 85.1 Å². The molecule has 0 aromatic heterocycles. The summed E-state index contributed by atoms with van der Waals surface area (Å²) < 4.78 is 30.1. The number of carbonyl (C=O) groups is 2. The van der Waals surface area contributed by atoms with Crippen molar-refractivity contribution in [2.75, 3.05) is 40.9 Å². The zero-order valence-corrected chi connectivity index (χ0v) is 43.3. The highest BCUT2D eigenvalue weighted by atomic mass is 31.2. The molecule has 374 valence electrons. The van der Waals surface area contributed by atoms with Crippen LogP contribution >= 0.6 is 7.82 Å². The van der Waals surface area contributed by atoms with Crippen LogP contribution in [0.4, 0.5) is 0 Å². The van der Waals surface area contributed by atoms with Gasteiger partial charge < -0.3 is 28.5 Å². The lowest BCUT2D eigenvalue weighted by Crippen LogP contribution is -2.47. The van der Waals surface area contributed by atoms with E-state index in [1.165, 1.54) is 44.9 Å². The number of hydrogen-bond donors (Lipinski definition) is 1. The van der Waals surface area contributed by atoms with Gasteiger partial charge in [0.05, 0.1) is 33.8 Å². The number of unbranched alkanes of at least 4 members (excludes halogenated alkanes) is 17. The van der Waals surface area contributed by atoms with Crippen LogP contribution < -0.4 is 10.2 Å². The van der Waals surface area contributed by atoms with Gasteiger partial charge in [-0.3, -0.25) is 14.2 Å². The van der Waals surface area contributed by atoms with Crippen LogP contribution in [-0.4, -0.2) is 69.4 Å². The Morgan fingerprint density at radius 2 is 0.985 bits per heavy atom. The highest BCUT2D eigenvalue weighted by Crippen LogP contribution is 2.38. The Labute approximate surface area is 399 Å². The van der Waals surface area contributed by atoms with E-state index in [9.17, 15) is 19.0 Å². The second kappa shape index (κ2) is 45.0. The highest BCUT2D eigenvalue weighted by molar-refractivity contribution is 7.45. The molecule has 0 spiro atoms. The molecule has 0 aromatic rings. The molecule has 0 saturated heterocycles. The van der Waals surface area contributed by atoms with E-state index in [1.807, 2.05) is 27.2 Å². The zero-order valence-electron chi connectivity index (χ0n) is 42.4. The topological polar surface area (TPSA) is 114 Å². The minimum absolute atomic E-state index is 0.0348. The third-order valence-electron chi connectivity index (χ3n) is 10.8. The van der Waals surface area contributed by atoms with E-state index in [0.717, 1.165) is 109 Å². The van der Waals surface area contributed by atoms with Gasteiger partial charge in [0, 0.05) is 12.8 Å². The molecule has 0 heterocycles. The second-order valence-electron chi connectivity index (χ2n) is 18.3. The van der Waals surface area contributed by atoms with Crippen LogP contribution in [0.1, 0.15) is 201 Å². The van der Waals surface area contributed by atoms with Crippen molar-refractivity contribution in [1.29, 1.82) is 0 Å². The number of carbonyl (C=O) groups excluding carboxylic acids is 2. The fourth-order valence-corrected chi connectivity index (χ4v) is 7.56. The predicted octanol–water partition coefficient (Wildman–Crippen LogP) is 14.5. The average Bonchev–Trinajstić information content (AvgIpc) is 3.26. The van der Waals surface area contributed by atoms with Gasteiger partial charge in [0.15, 0.2) is 0 Å². The molecule has 9 nitrogen and oxygen atoms in total. The zero-order chi connectivity index (χ0) is 48.0. The van der Waals surface area contributed by atoms with Crippen LogP contribution in [0.5, 0.6) is 0 Å². The van der Waals surface area contributed by atoms with Crippen LogP contribution in [0.2, 0.25) is 0 Å². The Bertz CT molecular complexity index is 1390. The van der Waals surface area contributed by atoms with Gasteiger partial charge in [-0.2, -0.15) is 0 Å². The molecule has 0 saturated carbocycles. The summed E-state index contributed by atoms with van der Waals surface area (Å²) in [6, 6.07) is -0.911. The molecular weight excluding hydrogens is 832 g/mol. The number of nitrogens with zero attached hydrogens (tertiary/aromatic N) is 1. The Morgan fingerprint density at radius 3 is 1.48 bits per heavy atom. The first-order valence-corrected chi connectivity index (χ1v) is 27.4. The largest absolute Gasteiger partial charge is 0.756 e. The fraction of sp³-hybridized carbons (Fsp3) is 0.709. The van der Waals surface area contributed by atoms with E-state index in [4.69, 9.17) is 13.8 Å². The molecule has 1 amide bonds. The molecule has 1 N–H and O–H groups in total. The lowest BCUT2D eigenvalue weighted by atomic mass is 10.1. The van der Waals surface area contributed by atoms with Crippen molar-refractivity contribution >= 4 is 19.7 Å². The van der Waals surface area contributed by atoms with Crippen LogP contribution in [0.15, 0.2) is 85.1 Å². The van der Waals surface area contributed by atoms with Gasteiger partial charge in [-0.15, -0.1) is 0 Å². The Kier molecular flexibility index (Phi) is 43.1. The molecule has 0 radical (unpaired) electrons. The molecule has 0 aliphatic carbocycles. The van der Waals surface area contributed by atoms with E-state index in [-0.39, 0.29) is 31.3 Å². The quantitative estimate of drug-likeness (QED) is 0.0213. The van der Waals surface area contributed by atoms with Crippen molar-refractivity contribution in [3.63, 3.8) is 0 Å². The molecule has 0 aromatic carbocycles. The Morgan fingerprint density at radius 1 is 0.554 bits per heavy atom. The first-order valence-electron chi connectivity index (χ1n) is 25.9. The number of amides is 1. The number of phosphoric acid groups is 1. The number of rotatable bonds is 45. The maximum atomic E-state index is 13.4. The maximum Gasteiger partial charge on any atom is 0.306 e. The van der Waals surface area contributed by atoms with Gasteiger partial charge >= 0.3 is 5.97 Å². The van der Waals surface area contributed by atoms with Gasteiger partial charge in [-0.05, 0) is 96.0 Å². The molecule has 3 atom stereocenters. The molecule has 0 fully saturated rings. The second-order valence-corrected chi connectivity index (χ2v) is 19.7. The molecule has 10 heteroatoms. The summed E-state index contributed by atoms with van der Waals surface area (Å²) in [7, 11) is 1.14. The SMILES string of the molecule is CC/C=C/C/C=C/C/C=C/CCCCCCC(=O)NC(COP(=O)([O-])OCC[N+](C)(C)C)C(/C=C/CCCCCCCCCCC)OC(=O)CCCCCC/C=C/C/C=C/C/C=C/CC. The molecule has 3 unspecified atom stereocenters. The summed E-state index contributed by atoms with van der Waals surface area (Å²) in [4.78, 5) is 39.6. The minimum atomic E-state index is -4.70. The average molecular weight is 929 g/mol. The summed E-state index contributed by atoms with van der Waals surface area (Å²) in [5.74, 6) is -0.602. The van der Waals surface area contributed by atoms with Crippen molar-refractivity contribution in [1.82, 2.24) is 5.32 Å². The number of hydrogen-bond acceptors (Lipinski definition) is 7. The third-order valence-corrected chi connectivity index (χ3v) is 11.8. The van der Waals surface area contributed by atoms with Gasteiger partial charge in [-0.1, -0.05) is 177 Å². The number of esters is 1. The Balaban J connectivity index is 5.50. The van der Waals surface area contributed by atoms with Crippen molar-refractivity contribution in [3.8, 4) is 0 Å². The highest BCUT2D eigenvalue weighted by Gasteiger charge is 2.27. The third kappa shape index (κ3) is 46.1. The standard InChI is InChI=1S/C55H97N2O7P/c1-7-10-13-16-19-22-25-27-29-32-35-38-41-44-47-54(58)56-52(51-63-65(60,61)62-50-49-57(4,5)6)53(46-43-40-37-34-31-24-21-18-15-12-9-3)64-55(59)48-45-42-39-36-33-30-28-26-23-20-17-14-11-8-2/h10-11,13-14,19-20,22-23,27-30,43,46,52-53H,7-9,12,15-18,21,24-26,31-42,44-45,47-51H2,1-6H3,(H-,56,58,60,61)/b13-10+,14-11+,22-19+,23-20+,29-27+,30-28+,46-43+. The van der Waals surface area contributed by atoms with Crippen molar-refractivity contribution < 1.29 is 37.3 Å². The summed E-state index contributed by atoms with van der Waals surface area (Å²) in [5.41, 5.74) is 0. The minimum Gasteiger partial charge on any atom is -0.756 e. The number of ether oxygens (including phenoxy) is 1. The van der Waals surface area contributed by atoms with Crippen LogP contribution in [0, 0.1) is 0 Å².